The molecular formula is C14H19ClN6O. The first kappa shape index (κ1) is 15.1. The molecular weight excluding hydrogens is 304 g/mol. The Morgan fingerprint density at radius 1 is 1.41 bits per heavy atom. The Bertz CT molecular complexity index is 661. The van der Waals surface area contributed by atoms with Crippen molar-refractivity contribution in [1.82, 2.24) is 19.5 Å². The Labute approximate surface area is 133 Å². The van der Waals surface area contributed by atoms with Gasteiger partial charge in [0.15, 0.2) is 5.82 Å². The molecule has 0 aliphatic carbocycles. The first-order valence-corrected chi connectivity index (χ1v) is 7.62. The van der Waals surface area contributed by atoms with Crippen molar-refractivity contribution in [3.8, 4) is 0 Å². The maximum atomic E-state index is 10.6. The van der Waals surface area contributed by atoms with Crippen molar-refractivity contribution < 1.29 is 5.11 Å². The van der Waals surface area contributed by atoms with Crippen LogP contribution in [-0.2, 0) is 7.05 Å². The average molecular weight is 323 g/mol. The third-order valence-corrected chi connectivity index (χ3v) is 4.49. The number of aryl methyl sites for hydroxylation is 1. The van der Waals surface area contributed by atoms with Gasteiger partial charge in [-0.05, 0) is 12.8 Å². The molecule has 3 rings (SSSR count). The van der Waals surface area contributed by atoms with Crippen LogP contribution in [0.15, 0.2) is 18.7 Å². The predicted molar refractivity (Wildman–Crippen MR) is 84.6 cm³/mol. The van der Waals surface area contributed by atoms with Crippen molar-refractivity contribution in [2.24, 2.45) is 13.0 Å². The van der Waals surface area contributed by atoms with E-state index in [0.717, 1.165) is 19.4 Å². The van der Waals surface area contributed by atoms with E-state index in [1.807, 2.05) is 17.8 Å². The highest BCUT2D eigenvalue weighted by molar-refractivity contribution is 6.35. The van der Waals surface area contributed by atoms with Gasteiger partial charge >= 0.3 is 0 Å². The summed E-state index contributed by atoms with van der Waals surface area (Å²) in [6, 6.07) is 0. The van der Waals surface area contributed by atoms with Crippen LogP contribution >= 0.6 is 11.6 Å². The van der Waals surface area contributed by atoms with Crippen LogP contribution in [0.5, 0.6) is 0 Å². The van der Waals surface area contributed by atoms with Gasteiger partial charge in [-0.3, -0.25) is 0 Å². The van der Waals surface area contributed by atoms with E-state index in [1.165, 1.54) is 6.33 Å². The molecule has 1 fully saturated rings. The fourth-order valence-electron chi connectivity index (χ4n) is 2.93. The van der Waals surface area contributed by atoms with Crippen LogP contribution < -0.4 is 10.6 Å². The number of rotatable bonds is 3. The summed E-state index contributed by atoms with van der Waals surface area (Å²) in [5.74, 6) is 1.66. The minimum absolute atomic E-state index is 0.0714. The molecule has 8 heteroatoms. The molecule has 1 saturated heterocycles. The molecule has 22 heavy (non-hydrogen) atoms. The molecule has 2 unspecified atom stereocenters. The molecule has 3 heterocycles. The van der Waals surface area contributed by atoms with Crippen LogP contribution in [0.1, 0.15) is 24.8 Å². The summed E-state index contributed by atoms with van der Waals surface area (Å²) in [7, 11) is 1.88. The lowest BCUT2D eigenvalue weighted by Gasteiger charge is -2.35. The summed E-state index contributed by atoms with van der Waals surface area (Å²) in [6.45, 7) is 1.49. The van der Waals surface area contributed by atoms with Crippen molar-refractivity contribution in [2.45, 2.75) is 18.9 Å². The molecule has 1 aliphatic rings. The maximum absolute atomic E-state index is 10.6. The minimum atomic E-state index is -0.610. The number of nitrogens with zero attached hydrogens (tertiary/aromatic N) is 5. The van der Waals surface area contributed by atoms with Crippen LogP contribution in [0.3, 0.4) is 0 Å². The van der Waals surface area contributed by atoms with Crippen molar-refractivity contribution in [1.29, 1.82) is 0 Å². The number of aliphatic hydroxyl groups excluding tert-OH is 1. The normalized spacial score (nSPS) is 20.1. The maximum Gasteiger partial charge on any atom is 0.153 e. The SMILES string of the molecule is Cn1ccnc1C(O)C1CCCN(c2ncnc(N)c2Cl)C1. The fraction of sp³-hybridized carbons (Fsp3) is 0.500. The topological polar surface area (TPSA) is 93.1 Å². The van der Waals surface area contributed by atoms with Crippen molar-refractivity contribution >= 4 is 23.2 Å². The standard InChI is InChI=1S/C14H19ClN6O/c1-20-6-4-17-14(20)11(22)9-3-2-5-21(7-9)13-10(15)12(16)18-8-19-13/h4,6,8-9,11,22H,2-3,5,7H2,1H3,(H2,16,18,19). The summed E-state index contributed by atoms with van der Waals surface area (Å²) < 4.78 is 1.85. The molecule has 0 bridgehead atoms. The number of nitrogens with two attached hydrogens (primary N) is 1. The van der Waals surface area contributed by atoms with E-state index < -0.39 is 6.10 Å². The Balaban J connectivity index is 1.80. The second-order valence-electron chi connectivity index (χ2n) is 5.59. The minimum Gasteiger partial charge on any atom is -0.385 e. The molecule has 2 aromatic rings. The van der Waals surface area contributed by atoms with E-state index in [4.69, 9.17) is 17.3 Å². The molecule has 2 aromatic heterocycles. The zero-order valence-electron chi connectivity index (χ0n) is 12.4. The zero-order chi connectivity index (χ0) is 15.7. The lowest BCUT2D eigenvalue weighted by molar-refractivity contribution is 0.0874. The van der Waals surface area contributed by atoms with Crippen LogP contribution in [0.2, 0.25) is 5.02 Å². The number of hydrogen-bond acceptors (Lipinski definition) is 6. The van der Waals surface area contributed by atoms with E-state index in [2.05, 4.69) is 19.9 Å². The summed E-state index contributed by atoms with van der Waals surface area (Å²) >= 11 is 6.21. The number of anilines is 2. The number of piperidine rings is 1. The largest absolute Gasteiger partial charge is 0.385 e. The molecule has 0 amide bonds. The molecule has 1 aliphatic heterocycles. The van der Waals surface area contributed by atoms with Crippen molar-refractivity contribution in [3.63, 3.8) is 0 Å². The number of nitrogen functional groups attached to an aromatic ring is 1. The lowest BCUT2D eigenvalue weighted by Crippen LogP contribution is -2.39. The van der Waals surface area contributed by atoms with Gasteiger partial charge in [-0.1, -0.05) is 11.6 Å². The number of hydrogen-bond donors (Lipinski definition) is 2. The second kappa shape index (κ2) is 6.10. The highest BCUT2D eigenvalue weighted by Crippen LogP contribution is 2.34. The van der Waals surface area contributed by atoms with Crippen molar-refractivity contribution in [2.75, 3.05) is 23.7 Å². The van der Waals surface area contributed by atoms with Gasteiger partial charge in [-0.25, -0.2) is 15.0 Å². The highest BCUT2D eigenvalue weighted by Gasteiger charge is 2.30. The van der Waals surface area contributed by atoms with E-state index >= 15 is 0 Å². The number of aromatic nitrogens is 4. The predicted octanol–water partition coefficient (Wildman–Crippen LogP) is 1.40. The van der Waals surface area contributed by atoms with Crippen molar-refractivity contribution in [3.05, 3.63) is 29.6 Å². The number of imidazole rings is 1. The van der Waals surface area contributed by atoms with E-state index in [0.29, 0.717) is 23.2 Å². The first-order valence-electron chi connectivity index (χ1n) is 7.24. The lowest BCUT2D eigenvalue weighted by atomic mass is 9.92. The Hall–Kier alpha value is -1.86. The summed E-state index contributed by atoms with van der Waals surface area (Å²) in [4.78, 5) is 14.4. The van der Waals surface area contributed by atoms with Gasteiger partial charge in [0.25, 0.3) is 0 Å². The van der Waals surface area contributed by atoms with E-state index in [1.54, 1.807) is 6.20 Å². The quantitative estimate of drug-likeness (QED) is 0.887. The molecule has 2 atom stereocenters. The van der Waals surface area contributed by atoms with Gasteiger partial charge in [-0.2, -0.15) is 0 Å². The van der Waals surface area contributed by atoms with Gasteiger partial charge in [0.2, 0.25) is 0 Å². The third-order valence-electron chi connectivity index (χ3n) is 4.12. The molecule has 7 nitrogen and oxygen atoms in total. The fourth-order valence-corrected chi connectivity index (χ4v) is 3.14. The average Bonchev–Trinajstić information content (AvgIpc) is 2.95. The Morgan fingerprint density at radius 3 is 2.95 bits per heavy atom. The summed E-state index contributed by atoms with van der Waals surface area (Å²) in [5, 5.41) is 11.0. The molecule has 0 spiro atoms. The molecule has 3 N–H and O–H groups in total. The van der Waals surface area contributed by atoms with Gasteiger partial charge < -0.3 is 20.3 Å². The third kappa shape index (κ3) is 2.74. The van der Waals surface area contributed by atoms with Gasteiger partial charge in [0.1, 0.15) is 29.1 Å². The zero-order valence-corrected chi connectivity index (χ0v) is 13.1. The monoisotopic (exact) mass is 322 g/mol. The first-order chi connectivity index (χ1) is 10.6. The summed E-state index contributed by atoms with van der Waals surface area (Å²) in [5.41, 5.74) is 5.75. The Morgan fingerprint density at radius 2 is 2.23 bits per heavy atom. The van der Waals surface area contributed by atoms with Gasteiger partial charge in [-0.15, -0.1) is 0 Å². The van der Waals surface area contributed by atoms with Crippen LogP contribution in [0.25, 0.3) is 0 Å². The number of aliphatic hydroxyl groups is 1. The Kier molecular flexibility index (Phi) is 4.17. The molecule has 0 saturated carbocycles. The molecule has 118 valence electrons. The molecule has 0 aromatic carbocycles. The highest BCUT2D eigenvalue weighted by atomic mass is 35.5. The van der Waals surface area contributed by atoms with Crippen LogP contribution in [-0.4, -0.2) is 37.7 Å². The van der Waals surface area contributed by atoms with Crippen LogP contribution in [0, 0.1) is 5.92 Å². The van der Waals surface area contributed by atoms with Gasteiger partial charge in [0, 0.05) is 38.4 Å². The second-order valence-corrected chi connectivity index (χ2v) is 5.96. The summed E-state index contributed by atoms with van der Waals surface area (Å²) in [6.07, 6.45) is 6.22. The number of halogens is 1. The van der Waals surface area contributed by atoms with E-state index in [9.17, 15) is 5.11 Å². The van der Waals surface area contributed by atoms with E-state index in [-0.39, 0.29) is 11.7 Å². The molecule has 0 radical (unpaired) electrons. The van der Waals surface area contributed by atoms with Gasteiger partial charge in [0.05, 0.1) is 0 Å². The smallest absolute Gasteiger partial charge is 0.153 e. The van der Waals surface area contributed by atoms with Crippen LogP contribution in [0.4, 0.5) is 11.6 Å².